The number of hydrogen-bond donors (Lipinski definition) is 0. The van der Waals surface area contributed by atoms with Crippen LogP contribution in [0.5, 0.6) is 0 Å². The number of rotatable bonds is 8. The summed E-state index contributed by atoms with van der Waals surface area (Å²) in [5.74, 6) is 0.342. The second kappa shape index (κ2) is 8.55. The Hall–Kier alpha value is -1.86. The minimum absolute atomic E-state index is 0.101. The molecule has 0 N–H and O–H groups in total. The zero-order valence-electron chi connectivity index (χ0n) is 13.6. The fourth-order valence-electron chi connectivity index (χ4n) is 2.63. The van der Waals surface area contributed by atoms with Crippen molar-refractivity contribution in [2.24, 2.45) is 5.92 Å². The van der Waals surface area contributed by atoms with Crippen LogP contribution in [-0.4, -0.2) is 6.10 Å². The van der Waals surface area contributed by atoms with Gasteiger partial charge in [0.05, 0.1) is 12.2 Å². The van der Waals surface area contributed by atoms with Crippen LogP contribution in [-0.2, 0) is 11.2 Å². The summed E-state index contributed by atoms with van der Waals surface area (Å²) in [4.78, 5) is 0. The maximum atomic E-state index is 6.34. The molecule has 1 heteroatoms. The van der Waals surface area contributed by atoms with Gasteiger partial charge in [-0.15, -0.1) is 6.58 Å². The molecule has 2 aromatic rings. The van der Waals surface area contributed by atoms with Gasteiger partial charge in [-0.1, -0.05) is 73.7 Å². The SMILES string of the molecule is C=CC(C)C(CCc1ccccc1)OC(C)c1ccccc1. The van der Waals surface area contributed by atoms with E-state index in [1.54, 1.807) is 0 Å². The van der Waals surface area contributed by atoms with E-state index < -0.39 is 0 Å². The zero-order chi connectivity index (χ0) is 15.8. The van der Waals surface area contributed by atoms with Crippen molar-refractivity contribution in [2.75, 3.05) is 0 Å². The molecule has 0 fully saturated rings. The van der Waals surface area contributed by atoms with Gasteiger partial charge in [-0.3, -0.25) is 0 Å². The van der Waals surface area contributed by atoms with Gasteiger partial charge in [-0.2, -0.15) is 0 Å². The van der Waals surface area contributed by atoms with E-state index in [1.807, 2.05) is 12.1 Å². The first-order chi connectivity index (χ1) is 10.7. The van der Waals surface area contributed by atoms with Crippen LogP contribution in [0.25, 0.3) is 0 Å². The van der Waals surface area contributed by atoms with Crippen LogP contribution in [0.15, 0.2) is 73.3 Å². The first-order valence-corrected chi connectivity index (χ1v) is 8.07. The highest BCUT2D eigenvalue weighted by Gasteiger charge is 2.19. The Labute approximate surface area is 134 Å². The average Bonchev–Trinajstić information content (AvgIpc) is 2.59. The van der Waals surface area contributed by atoms with Crippen LogP contribution in [0, 0.1) is 5.92 Å². The quantitative estimate of drug-likeness (QED) is 0.577. The Kier molecular flexibility index (Phi) is 6.42. The maximum Gasteiger partial charge on any atom is 0.0800 e. The van der Waals surface area contributed by atoms with Crippen LogP contribution in [0.2, 0.25) is 0 Å². The lowest BCUT2D eigenvalue weighted by molar-refractivity contribution is -0.0264. The van der Waals surface area contributed by atoms with Crippen LogP contribution >= 0.6 is 0 Å². The predicted octanol–water partition coefficient (Wildman–Crippen LogP) is 5.59. The van der Waals surface area contributed by atoms with E-state index in [0.29, 0.717) is 5.92 Å². The van der Waals surface area contributed by atoms with E-state index in [1.165, 1.54) is 11.1 Å². The van der Waals surface area contributed by atoms with Crippen molar-refractivity contribution >= 4 is 0 Å². The van der Waals surface area contributed by atoms with E-state index in [0.717, 1.165) is 12.8 Å². The highest BCUT2D eigenvalue weighted by Crippen LogP contribution is 2.24. The average molecular weight is 294 g/mol. The van der Waals surface area contributed by atoms with Gasteiger partial charge in [0.2, 0.25) is 0 Å². The molecular formula is C21H26O. The summed E-state index contributed by atoms with van der Waals surface area (Å²) < 4.78 is 6.34. The Morgan fingerprint density at radius 1 is 0.955 bits per heavy atom. The smallest absolute Gasteiger partial charge is 0.0800 e. The molecule has 0 radical (unpaired) electrons. The Morgan fingerprint density at radius 3 is 2.14 bits per heavy atom. The molecular weight excluding hydrogens is 268 g/mol. The molecule has 0 aliphatic carbocycles. The minimum Gasteiger partial charge on any atom is -0.370 e. The van der Waals surface area contributed by atoms with Crippen molar-refractivity contribution in [1.29, 1.82) is 0 Å². The standard InChI is InChI=1S/C21H26O/c1-4-17(2)21(16-15-19-11-7-5-8-12-19)22-18(3)20-13-9-6-10-14-20/h4-14,17-18,21H,1,15-16H2,2-3H3. The molecule has 0 saturated carbocycles. The summed E-state index contributed by atoms with van der Waals surface area (Å²) in [5.41, 5.74) is 2.59. The molecule has 1 nitrogen and oxygen atoms in total. The normalized spacial score (nSPS) is 15.0. The van der Waals surface area contributed by atoms with Crippen molar-refractivity contribution in [2.45, 2.75) is 38.9 Å². The zero-order valence-corrected chi connectivity index (χ0v) is 13.6. The van der Waals surface area contributed by atoms with Gasteiger partial charge in [0.1, 0.15) is 0 Å². The summed E-state index contributed by atoms with van der Waals surface area (Å²) in [7, 11) is 0. The van der Waals surface area contributed by atoms with Crippen LogP contribution < -0.4 is 0 Å². The predicted molar refractivity (Wildman–Crippen MR) is 93.9 cm³/mol. The first-order valence-electron chi connectivity index (χ1n) is 8.07. The van der Waals surface area contributed by atoms with Crippen LogP contribution in [0.1, 0.15) is 37.5 Å². The minimum atomic E-state index is 0.101. The first kappa shape index (κ1) is 16.5. The van der Waals surface area contributed by atoms with Crippen molar-refractivity contribution in [3.63, 3.8) is 0 Å². The van der Waals surface area contributed by atoms with Crippen molar-refractivity contribution in [3.8, 4) is 0 Å². The number of hydrogen-bond acceptors (Lipinski definition) is 1. The van der Waals surface area contributed by atoms with Crippen molar-refractivity contribution in [1.82, 2.24) is 0 Å². The van der Waals surface area contributed by atoms with Crippen molar-refractivity contribution < 1.29 is 4.74 Å². The monoisotopic (exact) mass is 294 g/mol. The van der Waals surface area contributed by atoms with Gasteiger partial charge < -0.3 is 4.74 Å². The van der Waals surface area contributed by atoms with Crippen molar-refractivity contribution in [3.05, 3.63) is 84.4 Å². The van der Waals surface area contributed by atoms with E-state index in [2.05, 4.69) is 75.0 Å². The molecule has 0 spiro atoms. The third kappa shape index (κ3) is 4.85. The second-order valence-electron chi connectivity index (χ2n) is 5.85. The molecule has 2 rings (SSSR count). The van der Waals surface area contributed by atoms with Crippen LogP contribution in [0.4, 0.5) is 0 Å². The summed E-state index contributed by atoms with van der Waals surface area (Å²) >= 11 is 0. The van der Waals surface area contributed by atoms with Gasteiger partial charge in [0, 0.05) is 0 Å². The van der Waals surface area contributed by atoms with E-state index in [9.17, 15) is 0 Å². The Morgan fingerprint density at radius 2 is 1.55 bits per heavy atom. The molecule has 0 saturated heterocycles. The van der Waals surface area contributed by atoms with Crippen LogP contribution in [0.3, 0.4) is 0 Å². The molecule has 2 aromatic carbocycles. The third-order valence-electron chi connectivity index (χ3n) is 4.17. The maximum absolute atomic E-state index is 6.34. The Bertz CT molecular complexity index is 547. The third-order valence-corrected chi connectivity index (χ3v) is 4.17. The molecule has 0 aliphatic rings. The largest absolute Gasteiger partial charge is 0.370 e. The molecule has 0 aromatic heterocycles. The van der Waals surface area contributed by atoms with Gasteiger partial charge in [-0.05, 0) is 36.8 Å². The molecule has 0 aliphatic heterocycles. The molecule has 116 valence electrons. The van der Waals surface area contributed by atoms with E-state index in [4.69, 9.17) is 4.74 Å². The fourth-order valence-corrected chi connectivity index (χ4v) is 2.63. The molecule has 0 bridgehead atoms. The van der Waals surface area contributed by atoms with Gasteiger partial charge in [-0.25, -0.2) is 0 Å². The lowest BCUT2D eigenvalue weighted by atomic mass is 9.97. The number of aryl methyl sites for hydroxylation is 1. The highest BCUT2D eigenvalue weighted by atomic mass is 16.5. The lowest BCUT2D eigenvalue weighted by Crippen LogP contribution is -2.23. The van der Waals surface area contributed by atoms with E-state index >= 15 is 0 Å². The molecule has 0 heterocycles. The fraction of sp³-hybridized carbons (Fsp3) is 0.333. The molecule has 3 unspecified atom stereocenters. The second-order valence-corrected chi connectivity index (χ2v) is 5.85. The lowest BCUT2D eigenvalue weighted by Gasteiger charge is -2.26. The molecule has 0 amide bonds. The summed E-state index contributed by atoms with van der Waals surface area (Å²) in [5, 5.41) is 0. The van der Waals surface area contributed by atoms with E-state index in [-0.39, 0.29) is 12.2 Å². The Balaban J connectivity index is 1.98. The number of benzene rings is 2. The topological polar surface area (TPSA) is 9.23 Å². The number of ether oxygens (including phenoxy) is 1. The summed E-state index contributed by atoms with van der Waals surface area (Å²) in [6.45, 7) is 8.24. The van der Waals surface area contributed by atoms with Gasteiger partial charge >= 0.3 is 0 Å². The highest BCUT2D eigenvalue weighted by molar-refractivity contribution is 5.17. The summed E-state index contributed by atoms with van der Waals surface area (Å²) in [6, 6.07) is 21.0. The van der Waals surface area contributed by atoms with Gasteiger partial charge in [0.25, 0.3) is 0 Å². The van der Waals surface area contributed by atoms with Gasteiger partial charge in [0.15, 0.2) is 0 Å². The molecule has 3 atom stereocenters. The molecule has 22 heavy (non-hydrogen) atoms. The summed E-state index contributed by atoms with van der Waals surface area (Å²) in [6.07, 6.45) is 4.32.